The van der Waals surface area contributed by atoms with Gasteiger partial charge in [0.25, 0.3) is 17.7 Å². The number of piperidine rings is 1. The number of aldehydes is 1. The van der Waals surface area contributed by atoms with E-state index in [9.17, 15) is 28.8 Å². The molecule has 0 aliphatic carbocycles. The van der Waals surface area contributed by atoms with Crippen LogP contribution in [0.1, 0.15) is 74.4 Å². The van der Waals surface area contributed by atoms with E-state index in [4.69, 9.17) is 0 Å². The molecular weight excluding hydrogens is 440 g/mol. The highest BCUT2D eigenvalue weighted by atomic mass is 16.2. The maximum absolute atomic E-state index is 12.9. The number of imide groups is 2. The van der Waals surface area contributed by atoms with E-state index in [2.05, 4.69) is 15.6 Å². The van der Waals surface area contributed by atoms with Crippen molar-refractivity contribution in [1.82, 2.24) is 20.5 Å². The van der Waals surface area contributed by atoms with Gasteiger partial charge in [-0.2, -0.15) is 0 Å². The average molecular weight is 462 g/mol. The largest absolute Gasteiger partial charge is 0.347 e. The summed E-state index contributed by atoms with van der Waals surface area (Å²) in [4.78, 5) is 77.8. The Morgan fingerprint density at radius 2 is 1.94 bits per heavy atom. The van der Waals surface area contributed by atoms with E-state index in [-0.39, 0.29) is 42.1 Å². The van der Waals surface area contributed by atoms with Crippen LogP contribution < -0.4 is 10.6 Å². The SMILES string of the molecule is CCC(C=O)c1ccc(C(=O)NCc2ccc3c(c2)C(=O)N(C2CCC(=O)NC2=O)C3=O)nc1. The molecule has 1 saturated heterocycles. The first-order valence-corrected chi connectivity index (χ1v) is 10.9. The molecule has 34 heavy (non-hydrogen) atoms. The van der Waals surface area contributed by atoms with Crippen LogP contribution in [0.5, 0.6) is 0 Å². The Morgan fingerprint density at radius 1 is 1.18 bits per heavy atom. The molecule has 0 radical (unpaired) electrons. The van der Waals surface area contributed by atoms with Gasteiger partial charge in [0.15, 0.2) is 0 Å². The number of rotatable bonds is 7. The Hall–Kier alpha value is -4.21. The zero-order valence-electron chi connectivity index (χ0n) is 18.4. The quantitative estimate of drug-likeness (QED) is 0.463. The van der Waals surface area contributed by atoms with Gasteiger partial charge >= 0.3 is 0 Å². The van der Waals surface area contributed by atoms with Gasteiger partial charge < -0.3 is 10.1 Å². The van der Waals surface area contributed by atoms with Gasteiger partial charge in [0.1, 0.15) is 18.0 Å². The zero-order chi connectivity index (χ0) is 24.4. The van der Waals surface area contributed by atoms with Crippen molar-refractivity contribution >= 4 is 35.8 Å². The molecule has 2 atom stereocenters. The minimum Gasteiger partial charge on any atom is -0.347 e. The van der Waals surface area contributed by atoms with Crippen molar-refractivity contribution in [2.45, 2.75) is 44.7 Å². The standard InChI is InChI=1S/C24H22N4O6/c1-2-14(12-29)15-4-6-18(25-11-15)21(31)26-10-13-3-5-16-17(9-13)24(34)28(23(16)33)19-7-8-20(30)27-22(19)32/h3-6,9,11-12,14,19H,2,7-8,10H2,1H3,(H,26,31)(H,27,30,32). The number of hydrogen-bond donors (Lipinski definition) is 2. The summed E-state index contributed by atoms with van der Waals surface area (Å²) >= 11 is 0. The number of hydrogen-bond acceptors (Lipinski definition) is 7. The van der Waals surface area contributed by atoms with E-state index in [1.54, 1.807) is 18.2 Å². The third kappa shape index (κ3) is 4.21. The molecule has 0 saturated carbocycles. The van der Waals surface area contributed by atoms with E-state index < -0.39 is 35.6 Å². The molecule has 1 aromatic heterocycles. The Labute approximate surface area is 194 Å². The van der Waals surface area contributed by atoms with E-state index in [0.29, 0.717) is 12.0 Å². The molecule has 2 aromatic rings. The first-order chi connectivity index (χ1) is 16.3. The first kappa shape index (κ1) is 23.0. The molecule has 4 rings (SSSR count). The lowest BCUT2D eigenvalue weighted by Gasteiger charge is -2.27. The van der Waals surface area contributed by atoms with Crippen molar-refractivity contribution in [1.29, 1.82) is 0 Å². The van der Waals surface area contributed by atoms with Crippen LogP contribution >= 0.6 is 0 Å². The number of benzene rings is 1. The summed E-state index contributed by atoms with van der Waals surface area (Å²) in [7, 11) is 0. The highest BCUT2D eigenvalue weighted by Crippen LogP contribution is 2.28. The maximum atomic E-state index is 12.9. The Bertz CT molecular complexity index is 1210. The first-order valence-electron chi connectivity index (χ1n) is 10.9. The number of amides is 5. The van der Waals surface area contributed by atoms with Gasteiger partial charge in [-0.15, -0.1) is 0 Å². The van der Waals surface area contributed by atoms with Crippen LogP contribution in [-0.4, -0.2) is 51.7 Å². The third-order valence-electron chi connectivity index (χ3n) is 6.01. The second-order valence-electron chi connectivity index (χ2n) is 8.14. The van der Waals surface area contributed by atoms with E-state index in [1.165, 1.54) is 18.3 Å². The predicted molar refractivity (Wildman–Crippen MR) is 118 cm³/mol. The Balaban J connectivity index is 1.44. The number of nitrogens with zero attached hydrogens (tertiary/aromatic N) is 2. The van der Waals surface area contributed by atoms with Gasteiger partial charge in [0.2, 0.25) is 11.8 Å². The number of carbonyl (C=O) groups is 6. The van der Waals surface area contributed by atoms with Gasteiger partial charge in [-0.25, -0.2) is 0 Å². The normalized spacial score (nSPS) is 18.4. The van der Waals surface area contributed by atoms with Crippen LogP contribution in [0, 0.1) is 0 Å². The van der Waals surface area contributed by atoms with Gasteiger partial charge in [-0.1, -0.05) is 19.1 Å². The summed E-state index contributed by atoms with van der Waals surface area (Å²) in [5.41, 5.74) is 1.81. The van der Waals surface area contributed by atoms with Crippen molar-refractivity contribution in [3.05, 3.63) is 64.5 Å². The number of carbonyl (C=O) groups excluding carboxylic acids is 6. The molecule has 10 heteroatoms. The van der Waals surface area contributed by atoms with Crippen LogP contribution in [0.15, 0.2) is 36.5 Å². The Morgan fingerprint density at radius 3 is 2.59 bits per heavy atom. The van der Waals surface area contributed by atoms with Crippen LogP contribution in [-0.2, 0) is 20.9 Å². The fourth-order valence-corrected chi connectivity index (χ4v) is 4.07. The molecule has 2 N–H and O–H groups in total. The second kappa shape index (κ2) is 9.34. The lowest BCUT2D eigenvalue weighted by molar-refractivity contribution is -0.136. The fraction of sp³-hybridized carbons (Fsp3) is 0.292. The molecular formula is C24H22N4O6. The molecule has 1 fully saturated rings. The topological polar surface area (TPSA) is 143 Å². The molecule has 0 spiro atoms. The molecule has 2 aliphatic rings. The molecule has 174 valence electrons. The minimum atomic E-state index is -1.03. The molecule has 0 bridgehead atoms. The number of aromatic nitrogens is 1. The van der Waals surface area contributed by atoms with Crippen molar-refractivity contribution in [2.24, 2.45) is 0 Å². The van der Waals surface area contributed by atoms with Gasteiger partial charge in [0.05, 0.1) is 11.1 Å². The van der Waals surface area contributed by atoms with Gasteiger partial charge in [-0.05, 0) is 42.2 Å². The summed E-state index contributed by atoms with van der Waals surface area (Å²) in [6.07, 6.45) is 3.11. The summed E-state index contributed by atoms with van der Waals surface area (Å²) in [5.74, 6) is -3.01. The molecule has 2 aliphatic heterocycles. The van der Waals surface area contributed by atoms with Crippen LogP contribution in [0.3, 0.4) is 0 Å². The zero-order valence-corrected chi connectivity index (χ0v) is 18.4. The lowest BCUT2D eigenvalue weighted by Crippen LogP contribution is -2.54. The molecule has 10 nitrogen and oxygen atoms in total. The summed E-state index contributed by atoms with van der Waals surface area (Å²) in [6, 6.07) is 6.81. The maximum Gasteiger partial charge on any atom is 0.270 e. The van der Waals surface area contributed by atoms with E-state index in [1.807, 2.05) is 6.92 Å². The van der Waals surface area contributed by atoms with E-state index >= 15 is 0 Å². The van der Waals surface area contributed by atoms with Gasteiger partial charge in [-0.3, -0.25) is 39.2 Å². The minimum absolute atomic E-state index is 0.0460. The number of pyridine rings is 1. The van der Waals surface area contributed by atoms with Crippen molar-refractivity contribution in [2.75, 3.05) is 0 Å². The molecule has 3 heterocycles. The molecule has 1 aromatic carbocycles. The predicted octanol–water partition coefficient (Wildman–Crippen LogP) is 1.11. The van der Waals surface area contributed by atoms with Crippen molar-refractivity contribution in [3.63, 3.8) is 0 Å². The summed E-state index contributed by atoms with van der Waals surface area (Å²) in [5, 5.41) is 4.87. The smallest absolute Gasteiger partial charge is 0.270 e. The molecule has 5 amide bonds. The third-order valence-corrected chi connectivity index (χ3v) is 6.01. The second-order valence-corrected chi connectivity index (χ2v) is 8.14. The average Bonchev–Trinajstić information content (AvgIpc) is 3.08. The number of fused-ring (bicyclic) bond motifs is 1. The van der Waals surface area contributed by atoms with Crippen LogP contribution in [0.25, 0.3) is 0 Å². The van der Waals surface area contributed by atoms with Crippen molar-refractivity contribution in [3.8, 4) is 0 Å². The fourth-order valence-electron chi connectivity index (χ4n) is 4.07. The number of nitrogens with one attached hydrogen (secondary N) is 2. The van der Waals surface area contributed by atoms with Crippen LogP contribution in [0.4, 0.5) is 0 Å². The Kier molecular flexibility index (Phi) is 6.31. The van der Waals surface area contributed by atoms with Crippen molar-refractivity contribution < 1.29 is 28.8 Å². The van der Waals surface area contributed by atoms with Crippen LogP contribution in [0.2, 0.25) is 0 Å². The summed E-state index contributed by atoms with van der Waals surface area (Å²) < 4.78 is 0. The van der Waals surface area contributed by atoms with Gasteiger partial charge in [0, 0.05) is 25.1 Å². The molecule has 2 unspecified atom stereocenters. The highest BCUT2D eigenvalue weighted by Gasteiger charge is 2.44. The highest BCUT2D eigenvalue weighted by molar-refractivity contribution is 6.23. The monoisotopic (exact) mass is 462 g/mol. The van der Waals surface area contributed by atoms with E-state index in [0.717, 1.165) is 16.7 Å². The lowest BCUT2D eigenvalue weighted by atomic mass is 10.00. The summed E-state index contributed by atoms with van der Waals surface area (Å²) in [6.45, 7) is 1.97.